The van der Waals surface area contributed by atoms with E-state index < -0.39 is 0 Å². The number of hydrogen-bond acceptors (Lipinski definition) is 3. The first-order valence-corrected chi connectivity index (χ1v) is 4.28. The maximum Gasteiger partial charge on any atom is 0.0729 e. The van der Waals surface area contributed by atoms with Crippen LogP contribution in [-0.2, 0) is 9.57 Å². The van der Waals surface area contributed by atoms with E-state index in [9.17, 15) is 0 Å². The Balaban J connectivity index is 2.21. The summed E-state index contributed by atoms with van der Waals surface area (Å²) >= 11 is 0. The molecule has 66 valence electrons. The van der Waals surface area contributed by atoms with Crippen LogP contribution in [0.25, 0.3) is 0 Å². The van der Waals surface area contributed by atoms with E-state index in [1.807, 2.05) is 0 Å². The van der Waals surface area contributed by atoms with Gasteiger partial charge in [0.1, 0.15) is 0 Å². The van der Waals surface area contributed by atoms with Gasteiger partial charge >= 0.3 is 0 Å². The van der Waals surface area contributed by atoms with Crippen molar-refractivity contribution in [1.82, 2.24) is 0 Å². The van der Waals surface area contributed by atoms with Crippen LogP contribution in [0.5, 0.6) is 0 Å². The highest BCUT2D eigenvalue weighted by molar-refractivity contribution is 4.69. The maximum atomic E-state index is 5.56. The van der Waals surface area contributed by atoms with Gasteiger partial charge in [-0.1, -0.05) is 6.92 Å². The third kappa shape index (κ3) is 2.77. The van der Waals surface area contributed by atoms with Crippen molar-refractivity contribution in [1.29, 1.82) is 0 Å². The zero-order chi connectivity index (χ0) is 8.10. The monoisotopic (exact) mass is 159 g/mol. The molecule has 0 saturated carbocycles. The summed E-state index contributed by atoms with van der Waals surface area (Å²) in [5, 5.41) is 0. The van der Waals surface area contributed by atoms with Crippen molar-refractivity contribution in [2.24, 2.45) is 11.8 Å². The lowest BCUT2D eigenvalue weighted by Gasteiger charge is -2.27. The predicted octanol–water partition coefficient (Wildman–Crippen LogP) is 1.08. The fourth-order valence-electron chi connectivity index (χ4n) is 1.47. The SMILES string of the molecule is CC(CON)C1CCCCO1. The fourth-order valence-corrected chi connectivity index (χ4v) is 1.47. The minimum Gasteiger partial charge on any atom is -0.378 e. The van der Waals surface area contributed by atoms with Gasteiger partial charge in [0.2, 0.25) is 0 Å². The highest BCUT2D eigenvalue weighted by atomic mass is 16.6. The van der Waals surface area contributed by atoms with Crippen molar-refractivity contribution in [3.05, 3.63) is 0 Å². The summed E-state index contributed by atoms with van der Waals surface area (Å²) in [5.41, 5.74) is 0. The van der Waals surface area contributed by atoms with Gasteiger partial charge in [0.15, 0.2) is 0 Å². The Kier molecular flexibility index (Phi) is 3.83. The van der Waals surface area contributed by atoms with E-state index in [2.05, 4.69) is 11.8 Å². The second kappa shape index (κ2) is 4.70. The Morgan fingerprint density at radius 3 is 3.00 bits per heavy atom. The summed E-state index contributed by atoms with van der Waals surface area (Å²) in [6, 6.07) is 0. The first kappa shape index (κ1) is 8.97. The van der Waals surface area contributed by atoms with Crippen molar-refractivity contribution >= 4 is 0 Å². The Morgan fingerprint density at radius 1 is 1.64 bits per heavy atom. The molecule has 0 spiro atoms. The molecule has 1 fully saturated rings. The van der Waals surface area contributed by atoms with Crippen LogP contribution in [0.3, 0.4) is 0 Å². The molecule has 2 N–H and O–H groups in total. The molecule has 0 aromatic heterocycles. The van der Waals surface area contributed by atoms with E-state index in [1.165, 1.54) is 12.8 Å². The molecule has 0 bridgehead atoms. The first-order chi connectivity index (χ1) is 5.34. The zero-order valence-corrected chi connectivity index (χ0v) is 7.08. The molecule has 1 saturated heterocycles. The van der Waals surface area contributed by atoms with Crippen LogP contribution in [0.15, 0.2) is 0 Å². The van der Waals surface area contributed by atoms with E-state index in [0.717, 1.165) is 13.0 Å². The lowest BCUT2D eigenvalue weighted by molar-refractivity contribution is -0.0420. The standard InChI is InChI=1S/C8H17NO2/c1-7(6-11-9)8-4-2-3-5-10-8/h7-8H,2-6,9H2,1H3. The molecule has 0 aromatic carbocycles. The lowest BCUT2D eigenvalue weighted by Crippen LogP contribution is -2.29. The molecule has 2 atom stereocenters. The highest BCUT2D eigenvalue weighted by Crippen LogP contribution is 2.19. The molecule has 2 unspecified atom stereocenters. The van der Waals surface area contributed by atoms with Crippen molar-refractivity contribution < 1.29 is 9.57 Å². The molecule has 1 heterocycles. The molecule has 1 aliphatic heterocycles. The molecule has 1 aliphatic rings. The van der Waals surface area contributed by atoms with Gasteiger partial charge in [-0.05, 0) is 19.3 Å². The zero-order valence-electron chi connectivity index (χ0n) is 7.08. The third-order valence-electron chi connectivity index (χ3n) is 2.21. The van der Waals surface area contributed by atoms with Crippen LogP contribution < -0.4 is 5.90 Å². The van der Waals surface area contributed by atoms with Crippen LogP contribution in [-0.4, -0.2) is 19.3 Å². The summed E-state index contributed by atoms with van der Waals surface area (Å²) in [5.74, 6) is 5.41. The Hall–Kier alpha value is -0.120. The molecular weight excluding hydrogens is 142 g/mol. The van der Waals surface area contributed by atoms with Crippen molar-refractivity contribution in [3.8, 4) is 0 Å². The van der Waals surface area contributed by atoms with Crippen molar-refractivity contribution in [2.45, 2.75) is 32.3 Å². The molecular formula is C8H17NO2. The molecule has 0 amide bonds. The molecule has 0 radical (unpaired) electrons. The van der Waals surface area contributed by atoms with Gasteiger partial charge in [-0.2, -0.15) is 0 Å². The van der Waals surface area contributed by atoms with E-state index >= 15 is 0 Å². The van der Waals surface area contributed by atoms with Gasteiger partial charge in [-0.15, -0.1) is 0 Å². The van der Waals surface area contributed by atoms with Gasteiger partial charge < -0.3 is 9.57 Å². The number of hydrogen-bond donors (Lipinski definition) is 1. The Bertz CT molecular complexity index is 102. The Morgan fingerprint density at radius 2 is 2.45 bits per heavy atom. The highest BCUT2D eigenvalue weighted by Gasteiger charge is 2.20. The van der Waals surface area contributed by atoms with Gasteiger partial charge in [-0.3, -0.25) is 0 Å². The van der Waals surface area contributed by atoms with E-state index in [-0.39, 0.29) is 0 Å². The first-order valence-electron chi connectivity index (χ1n) is 4.28. The summed E-state index contributed by atoms with van der Waals surface area (Å²) < 4.78 is 5.56. The normalized spacial score (nSPS) is 28.4. The molecule has 11 heavy (non-hydrogen) atoms. The summed E-state index contributed by atoms with van der Waals surface area (Å²) in [7, 11) is 0. The summed E-state index contributed by atoms with van der Waals surface area (Å²) in [6.07, 6.45) is 4.00. The average molecular weight is 159 g/mol. The quantitative estimate of drug-likeness (QED) is 0.627. The molecule has 3 nitrogen and oxygen atoms in total. The van der Waals surface area contributed by atoms with Crippen molar-refractivity contribution in [2.75, 3.05) is 13.2 Å². The molecule has 1 rings (SSSR count). The minimum absolute atomic E-state index is 0.368. The minimum atomic E-state index is 0.368. The Labute approximate surface area is 67.8 Å². The van der Waals surface area contributed by atoms with E-state index in [4.69, 9.17) is 10.6 Å². The van der Waals surface area contributed by atoms with E-state index in [1.54, 1.807) is 0 Å². The topological polar surface area (TPSA) is 44.5 Å². The molecule has 3 heteroatoms. The fraction of sp³-hybridized carbons (Fsp3) is 1.00. The largest absolute Gasteiger partial charge is 0.378 e. The lowest BCUT2D eigenvalue weighted by atomic mass is 9.98. The maximum absolute atomic E-state index is 5.56. The van der Waals surface area contributed by atoms with Crippen LogP contribution in [0.2, 0.25) is 0 Å². The average Bonchev–Trinajstić information content (AvgIpc) is 2.07. The summed E-state index contributed by atoms with van der Waals surface area (Å²) in [6.45, 7) is 3.62. The predicted molar refractivity (Wildman–Crippen MR) is 42.9 cm³/mol. The van der Waals surface area contributed by atoms with Crippen LogP contribution in [0, 0.1) is 5.92 Å². The second-order valence-electron chi connectivity index (χ2n) is 3.22. The number of ether oxygens (including phenoxy) is 1. The number of nitrogens with two attached hydrogens (primary N) is 1. The molecule has 0 aliphatic carbocycles. The van der Waals surface area contributed by atoms with Gasteiger partial charge in [0.25, 0.3) is 0 Å². The van der Waals surface area contributed by atoms with Crippen LogP contribution in [0.1, 0.15) is 26.2 Å². The van der Waals surface area contributed by atoms with Gasteiger partial charge in [0.05, 0.1) is 12.7 Å². The van der Waals surface area contributed by atoms with Crippen LogP contribution >= 0.6 is 0 Å². The van der Waals surface area contributed by atoms with Gasteiger partial charge in [-0.25, -0.2) is 5.90 Å². The van der Waals surface area contributed by atoms with Crippen LogP contribution in [0.4, 0.5) is 0 Å². The number of rotatable bonds is 3. The molecule has 0 aromatic rings. The van der Waals surface area contributed by atoms with Crippen molar-refractivity contribution in [3.63, 3.8) is 0 Å². The summed E-state index contributed by atoms with van der Waals surface area (Å²) in [4.78, 5) is 4.58. The van der Waals surface area contributed by atoms with Gasteiger partial charge in [0, 0.05) is 12.5 Å². The smallest absolute Gasteiger partial charge is 0.0729 e. The third-order valence-corrected chi connectivity index (χ3v) is 2.21. The second-order valence-corrected chi connectivity index (χ2v) is 3.22. The van der Waals surface area contributed by atoms with E-state index in [0.29, 0.717) is 18.6 Å².